The summed E-state index contributed by atoms with van der Waals surface area (Å²) in [6.45, 7) is 9.15. The maximum atomic E-state index is 15.5. The average Bonchev–Trinajstić information content (AvgIpc) is 2.89. The third kappa shape index (κ3) is 7.33. The lowest BCUT2D eigenvalue weighted by Crippen LogP contribution is -2.62. The van der Waals surface area contributed by atoms with Crippen molar-refractivity contribution >= 4 is 61.3 Å². The van der Waals surface area contributed by atoms with E-state index in [1.165, 1.54) is 0 Å². The van der Waals surface area contributed by atoms with Gasteiger partial charge < -0.3 is 24.2 Å². The third-order valence-corrected chi connectivity index (χ3v) is 10.5. The summed E-state index contributed by atoms with van der Waals surface area (Å²) in [7, 11) is 0. The molecule has 0 unspecified atom stereocenters. The van der Waals surface area contributed by atoms with Crippen LogP contribution in [0.2, 0.25) is 0 Å². The predicted molar refractivity (Wildman–Crippen MR) is 162 cm³/mol. The van der Waals surface area contributed by atoms with E-state index >= 15 is 4.39 Å². The van der Waals surface area contributed by atoms with Crippen molar-refractivity contribution in [2.24, 2.45) is 5.41 Å². The number of likely N-dealkylation sites (tertiary alicyclic amines) is 2. The van der Waals surface area contributed by atoms with Gasteiger partial charge in [-0.3, -0.25) is 0 Å². The lowest BCUT2D eigenvalue weighted by Gasteiger charge is -2.53. The van der Waals surface area contributed by atoms with E-state index in [1.54, 1.807) is 9.80 Å². The van der Waals surface area contributed by atoms with Gasteiger partial charge in [0.2, 0.25) is 0 Å². The third-order valence-electron chi connectivity index (χ3n) is 8.13. The van der Waals surface area contributed by atoms with Crippen LogP contribution < -0.4 is 9.64 Å². The van der Waals surface area contributed by atoms with Gasteiger partial charge in [0, 0.05) is 60.2 Å². The van der Waals surface area contributed by atoms with E-state index in [-0.39, 0.29) is 35.7 Å². The normalized spacial score (nSPS) is 20.2. The molecule has 42 heavy (non-hydrogen) atoms. The Morgan fingerprint density at radius 1 is 1.12 bits per heavy atom. The van der Waals surface area contributed by atoms with Crippen molar-refractivity contribution in [3.8, 4) is 6.01 Å². The Bertz CT molecular complexity index is 1320. The van der Waals surface area contributed by atoms with Gasteiger partial charge in [-0.25, -0.2) is 9.18 Å². The highest BCUT2D eigenvalue weighted by molar-refractivity contribution is 14.1. The Kier molecular flexibility index (Phi) is 9.08. The number of halogens is 6. The number of hydrogen-bond donors (Lipinski definition) is 0. The number of carbonyl (C=O) groups excluding carboxylic acids is 1. The molecule has 3 saturated heterocycles. The fourth-order valence-corrected chi connectivity index (χ4v) is 6.69. The Morgan fingerprint density at radius 3 is 2.36 bits per heavy atom. The molecule has 0 atom stereocenters. The maximum absolute atomic E-state index is 15.5. The van der Waals surface area contributed by atoms with Crippen molar-refractivity contribution in [2.75, 3.05) is 50.7 Å². The molecule has 8 nitrogen and oxygen atoms in total. The number of carbonyl (C=O) groups is 1. The largest absolute Gasteiger partial charge is 0.460 e. The van der Waals surface area contributed by atoms with Gasteiger partial charge in [-0.05, 0) is 91.0 Å². The topological polar surface area (TPSA) is 71.0 Å². The van der Waals surface area contributed by atoms with Gasteiger partial charge in [0.1, 0.15) is 23.0 Å². The highest BCUT2D eigenvalue weighted by Crippen LogP contribution is 2.43. The van der Waals surface area contributed by atoms with E-state index in [0.717, 1.165) is 12.8 Å². The first-order chi connectivity index (χ1) is 19.6. The number of benzene rings is 1. The average molecular weight is 772 g/mol. The van der Waals surface area contributed by atoms with Crippen LogP contribution in [0, 0.1) is 14.8 Å². The summed E-state index contributed by atoms with van der Waals surface area (Å²) in [5.74, 6) is 0.105. The van der Waals surface area contributed by atoms with Gasteiger partial charge in [-0.15, -0.1) is 0 Å². The highest BCUT2D eigenvalue weighted by Gasteiger charge is 2.48. The van der Waals surface area contributed by atoms with E-state index in [9.17, 15) is 18.0 Å². The Morgan fingerprint density at radius 2 is 1.76 bits per heavy atom. The number of ether oxygens (including phenoxy) is 2. The van der Waals surface area contributed by atoms with Crippen molar-refractivity contribution < 1.29 is 31.8 Å². The van der Waals surface area contributed by atoms with Crippen LogP contribution in [0.5, 0.6) is 6.01 Å². The number of aromatic nitrogens is 2. The van der Waals surface area contributed by atoms with Gasteiger partial charge in [0.05, 0.1) is 10.9 Å². The Balaban J connectivity index is 1.29. The van der Waals surface area contributed by atoms with Crippen LogP contribution in [-0.4, -0.2) is 89.6 Å². The minimum atomic E-state index is -4.18. The molecule has 1 spiro atoms. The molecule has 3 aliphatic heterocycles. The quantitative estimate of drug-likeness (QED) is 0.189. The molecule has 3 aliphatic rings. The number of alkyl halides is 3. The van der Waals surface area contributed by atoms with Crippen LogP contribution in [-0.2, 0) is 4.74 Å². The molecule has 4 heterocycles. The molecule has 0 aliphatic carbocycles. The minimum Gasteiger partial charge on any atom is -0.460 e. The fraction of sp³-hybridized carbons (Fsp3) is 0.679. The maximum Gasteiger partial charge on any atom is 0.410 e. The van der Waals surface area contributed by atoms with E-state index in [0.29, 0.717) is 71.4 Å². The summed E-state index contributed by atoms with van der Waals surface area (Å²) in [5, 5.41) is 0.592. The van der Waals surface area contributed by atoms with Crippen molar-refractivity contribution in [3.05, 3.63) is 19.9 Å². The molecular formula is C28H35BrF4IN5O3. The molecule has 3 fully saturated rings. The smallest absolute Gasteiger partial charge is 0.410 e. The monoisotopic (exact) mass is 771 g/mol. The van der Waals surface area contributed by atoms with Crippen molar-refractivity contribution in [1.82, 2.24) is 19.8 Å². The van der Waals surface area contributed by atoms with Crippen LogP contribution in [0.25, 0.3) is 10.9 Å². The summed E-state index contributed by atoms with van der Waals surface area (Å²) in [6, 6.07) is 1.93. The fourth-order valence-electron chi connectivity index (χ4n) is 5.84. The van der Waals surface area contributed by atoms with Gasteiger partial charge in [0.15, 0.2) is 5.82 Å². The summed E-state index contributed by atoms with van der Waals surface area (Å²) in [4.78, 5) is 27.3. The molecule has 14 heteroatoms. The standard InChI is InChI=1S/C28H35BrF4IN5O3/c1-26(2,3)42-25(40)39-15-27(16-39)6-12-38(13-7-27)23-18-14-19(34)20(29)21(30)22(18)35-24(36-23)41-17-4-9-37(10-5-17)11-8-28(31,32)33/h14,17H,4-13,15-16H2,1-3H3. The first kappa shape index (κ1) is 31.7. The Hall–Kier alpha value is -1.68. The molecule has 0 radical (unpaired) electrons. The molecule has 232 valence electrons. The molecule has 1 aromatic carbocycles. The number of amides is 1. The zero-order valence-electron chi connectivity index (χ0n) is 23.9. The number of rotatable bonds is 5. The summed E-state index contributed by atoms with van der Waals surface area (Å²) >= 11 is 5.39. The molecule has 2 aromatic rings. The zero-order chi connectivity index (χ0) is 30.4. The van der Waals surface area contributed by atoms with E-state index in [2.05, 4.69) is 48.4 Å². The first-order valence-corrected chi connectivity index (χ1v) is 16.0. The number of fused-ring (bicyclic) bond motifs is 1. The molecule has 5 rings (SSSR count). The van der Waals surface area contributed by atoms with E-state index < -0.39 is 24.0 Å². The van der Waals surface area contributed by atoms with Gasteiger partial charge in [-0.1, -0.05) is 0 Å². The molecule has 1 aromatic heterocycles. The molecule has 1 amide bonds. The van der Waals surface area contributed by atoms with E-state index in [4.69, 9.17) is 14.5 Å². The van der Waals surface area contributed by atoms with Gasteiger partial charge >= 0.3 is 18.3 Å². The number of hydrogen-bond acceptors (Lipinski definition) is 7. The van der Waals surface area contributed by atoms with E-state index in [1.807, 2.05) is 26.8 Å². The van der Waals surface area contributed by atoms with Crippen molar-refractivity contribution in [1.29, 1.82) is 0 Å². The number of piperidine rings is 2. The summed E-state index contributed by atoms with van der Waals surface area (Å²) in [6.07, 6.45) is -2.81. The second-order valence-electron chi connectivity index (χ2n) is 12.6. The Labute approximate surface area is 264 Å². The van der Waals surface area contributed by atoms with Gasteiger partial charge in [0.25, 0.3) is 0 Å². The second kappa shape index (κ2) is 12.0. The van der Waals surface area contributed by atoms with Crippen LogP contribution in [0.4, 0.5) is 28.2 Å². The molecular weight excluding hydrogens is 737 g/mol. The lowest BCUT2D eigenvalue weighted by atomic mass is 9.72. The van der Waals surface area contributed by atoms with Crippen LogP contribution in [0.3, 0.4) is 0 Å². The van der Waals surface area contributed by atoms with Crippen LogP contribution >= 0.6 is 38.5 Å². The first-order valence-electron chi connectivity index (χ1n) is 14.2. The zero-order valence-corrected chi connectivity index (χ0v) is 27.6. The van der Waals surface area contributed by atoms with Crippen molar-refractivity contribution in [3.63, 3.8) is 0 Å². The second-order valence-corrected chi connectivity index (χ2v) is 14.5. The molecule has 0 N–H and O–H groups in total. The number of anilines is 1. The summed E-state index contributed by atoms with van der Waals surface area (Å²) in [5.41, 5.74) is -0.355. The SMILES string of the molecule is CC(C)(C)OC(=O)N1CC2(CCN(c3nc(OC4CCN(CCC(F)(F)F)CC4)nc4c(F)c(Br)c(I)cc34)CC2)C1. The predicted octanol–water partition coefficient (Wildman–Crippen LogP) is 6.77. The lowest BCUT2D eigenvalue weighted by molar-refractivity contribution is -0.138. The highest BCUT2D eigenvalue weighted by atomic mass is 127. The minimum absolute atomic E-state index is 0.0261. The van der Waals surface area contributed by atoms with Crippen molar-refractivity contribution in [2.45, 2.75) is 70.8 Å². The number of nitrogens with zero attached hydrogens (tertiary/aromatic N) is 5. The van der Waals surface area contributed by atoms with Crippen LogP contribution in [0.1, 0.15) is 52.9 Å². The molecule has 0 saturated carbocycles. The van der Waals surface area contributed by atoms with Gasteiger partial charge in [-0.2, -0.15) is 23.1 Å². The summed E-state index contributed by atoms with van der Waals surface area (Å²) < 4.78 is 66.0. The molecule has 0 bridgehead atoms. The van der Waals surface area contributed by atoms with Crippen LogP contribution in [0.15, 0.2) is 10.5 Å².